The minimum atomic E-state index is -4.69. The van der Waals surface area contributed by atoms with Gasteiger partial charge in [0.15, 0.2) is 0 Å². The van der Waals surface area contributed by atoms with E-state index in [0.717, 1.165) is 6.54 Å². The first-order chi connectivity index (χ1) is 9.88. The minimum absolute atomic E-state index is 0.173. The number of para-hydroxylation sites is 1. The number of alkyl halides is 3. The summed E-state index contributed by atoms with van der Waals surface area (Å²) in [6.07, 6.45) is -3.61. The predicted molar refractivity (Wildman–Crippen MR) is 72.1 cm³/mol. The molecule has 1 saturated heterocycles. The summed E-state index contributed by atoms with van der Waals surface area (Å²) in [5.41, 5.74) is -0.277. The zero-order chi connectivity index (χ0) is 15.3. The lowest BCUT2D eigenvalue weighted by atomic mass is 10.0. The summed E-state index contributed by atoms with van der Waals surface area (Å²) in [6.45, 7) is 2.21. The molecule has 1 atom stereocenters. The van der Waals surface area contributed by atoms with Crippen LogP contribution >= 0.6 is 0 Å². The topological polar surface area (TPSA) is 53.5 Å². The highest BCUT2D eigenvalue weighted by atomic mass is 19.4. The third kappa shape index (κ3) is 5.18. The van der Waals surface area contributed by atoms with Crippen molar-refractivity contribution in [2.24, 2.45) is 0 Å². The van der Waals surface area contributed by atoms with Crippen LogP contribution in [0.1, 0.15) is 12.0 Å². The highest BCUT2D eigenvalue weighted by molar-refractivity contribution is 5.33. The Morgan fingerprint density at radius 3 is 2.76 bits per heavy atom. The summed E-state index contributed by atoms with van der Waals surface area (Å²) in [5, 5.41) is 16.2. The zero-order valence-electron chi connectivity index (χ0n) is 11.5. The summed E-state index contributed by atoms with van der Waals surface area (Å²) >= 11 is 0. The van der Waals surface area contributed by atoms with Gasteiger partial charge in [-0.2, -0.15) is 0 Å². The molecule has 7 heteroatoms. The van der Waals surface area contributed by atoms with E-state index in [4.69, 9.17) is 0 Å². The fraction of sp³-hybridized carbons (Fsp3) is 0.571. The maximum atomic E-state index is 12.3. The smallest absolute Gasteiger partial charge is 0.406 e. The van der Waals surface area contributed by atoms with Gasteiger partial charge in [0.1, 0.15) is 5.75 Å². The molecule has 0 radical (unpaired) electrons. The van der Waals surface area contributed by atoms with Crippen molar-refractivity contribution in [2.75, 3.05) is 26.2 Å². The van der Waals surface area contributed by atoms with Crippen molar-refractivity contribution in [2.45, 2.75) is 24.8 Å². The van der Waals surface area contributed by atoms with Crippen molar-refractivity contribution in [3.8, 4) is 5.75 Å². The molecule has 1 unspecified atom stereocenters. The van der Waals surface area contributed by atoms with Gasteiger partial charge in [-0.1, -0.05) is 18.2 Å². The number of benzene rings is 1. The molecule has 118 valence electrons. The molecular formula is C14H19F3N2O2. The van der Waals surface area contributed by atoms with Crippen molar-refractivity contribution >= 4 is 0 Å². The number of halogens is 3. The molecule has 3 N–H and O–H groups in total. The van der Waals surface area contributed by atoms with Gasteiger partial charge in [0.2, 0.25) is 0 Å². The molecule has 1 aliphatic heterocycles. The van der Waals surface area contributed by atoms with Gasteiger partial charge in [-0.15, -0.1) is 13.2 Å². The van der Waals surface area contributed by atoms with Gasteiger partial charge in [-0.25, -0.2) is 0 Å². The molecule has 1 heterocycles. The summed E-state index contributed by atoms with van der Waals surface area (Å²) in [7, 11) is 0. The van der Waals surface area contributed by atoms with Crippen molar-refractivity contribution in [1.29, 1.82) is 0 Å². The lowest BCUT2D eigenvalue weighted by Crippen LogP contribution is -2.42. The normalized spacial score (nSPS) is 22.5. The van der Waals surface area contributed by atoms with E-state index in [-0.39, 0.29) is 5.75 Å². The number of ether oxygens (including phenoxy) is 1. The van der Waals surface area contributed by atoms with Crippen molar-refractivity contribution in [1.82, 2.24) is 10.6 Å². The summed E-state index contributed by atoms with van der Waals surface area (Å²) < 4.78 is 40.9. The summed E-state index contributed by atoms with van der Waals surface area (Å²) in [4.78, 5) is 0. The van der Waals surface area contributed by atoms with Gasteiger partial charge < -0.3 is 20.5 Å². The molecule has 1 aromatic rings. The van der Waals surface area contributed by atoms with Gasteiger partial charge in [0, 0.05) is 13.1 Å². The maximum absolute atomic E-state index is 12.3. The highest BCUT2D eigenvalue weighted by Gasteiger charge is 2.32. The third-order valence-electron chi connectivity index (χ3n) is 3.44. The first-order valence-corrected chi connectivity index (χ1v) is 6.85. The van der Waals surface area contributed by atoms with E-state index < -0.39 is 12.0 Å². The van der Waals surface area contributed by atoms with Crippen LogP contribution < -0.4 is 15.4 Å². The first-order valence-electron chi connectivity index (χ1n) is 6.85. The minimum Gasteiger partial charge on any atom is -0.406 e. The average molecular weight is 304 g/mol. The number of rotatable bonds is 6. The lowest BCUT2D eigenvalue weighted by molar-refractivity contribution is -0.274. The van der Waals surface area contributed by atoms with E-state index in [0.29, 0.717) is 38.0 Å². The van der Waals surface area contributed by atoms with E-state index in [1.165, 1.54) is 12.1 Å². The first kappa shape index (κ1) is 16.1. The number of hydrogen-bond acceptors (Lipinski definition) is 4. The van der Waals surface area contributed by atoms with Gasteiger partial charge >= 0.3 is 6.36 Å². The van der Waals surface area contributed by atoms with Crippen molar-refractivity contribution < 1.29 is 23.0 Å². The Morgan fingerprint density at radius 1 is 1.33 bits per heavy atom. The molecule has 0 saturated carbocycles. The molecule has 0 spiro atoms. The second-order valence-electron chi connectivity index (χ2n) is 5.23. The fourth-order valence-corrected chi connectivity index (χ4v) is 2.36. The van der Waals surface area contributed by atoms with E-state index in [1.54, 1.807) is 12.1 Å². The molecular weight excluding hydrogens is 285 g/mol. The third-order valence-corrected chi connectivity index (χ3v) is 3.44. The Morgan fingerprint density at radius 2 is 2.10 bits per heavy atom. The second kappa shape index (κ2) is 6.64. The Hall–Kier alpha value is -1.31. The fourth-order valence-electron chi connectivity index (χ4n) is 2.36. The molecule has 21 heavy (non-hydrogen) atoms. The molecule has 0 aliphatic carbocycles. The largest absolute Gasteiger partial charge is 0.573 e. The van der Waals surface area contributed by atoms with Crippen molar-refractivity contribution in [3.05, 3.63) is 29.8 Å². The Bertz CT molecular complexity index is 460. The van der Waals surface area contributed by atoms with Gasteiger partial charge in [0.05, 0.1) is 5.60 Å². The van der Waals surface area contributed by atoms with Crippen LogP contribution in [0.25, 0.3) is 0 Å². The molecule has 1 fully saturated rings. The van der Waals surface area contributed by atoms with Crippen LogP contribution in [0.2, 0.25) is 0 Å². The molecule has 4 nitrogen and oxygen atoms in total. The Kier molecular flexibility index (Phi) is 5.08. The predicted octanol–water partition coefficient (Wildman–Crippen LogP) is 1.44. The second-order valence-corrected chi connectivity index (χ2v) is 5.23. The number of β-amino-alcohol motifs (C(OH)–C–C–N with tert-alkyl or cyclic N) is 1. The Labute approximate surface area is 121 Å². The van der Waals surface area contributed by atoms with Crippen LogP contribution in [0.3, 0.4) is 0 Å². The van der Waals surface area contributed by atoms with Crippen LogP contribution in [-0.4, -0.2) is 43.2 Å². The summed E-state index contributed by atoms with van der Waals surface area (Å²) in [6, 6.07) is 6.09. The average Bonchev–Trinajstić information content (AvgIpc) is 2.82. The molecule has 2 rings (SSSR count). The number of aliphatic hydroxyl groups is 1. The lowest BCUT2D eigenvalue weighted by Gasteiger charge is -2.21. The van der Waals surface area contributed by atoms with Crippen LogP contribution in [0.4, 0.5) is 13.2 Å². The van der Waals surface area contributed by atoms with Gasteiger partial charge in [0.25, 0.3) is 0 Å². The highest BCUT2D eigenvalue weighted by Crippen LogP contribution is 2.26. The van der Waals surface area contributed by atoms with Gasteiger partial charge in [-0.3, -0.25) is 0 Å². The standard InChI is InChI=1S/C14H19F3N2O2/c15-14(16,17)21-12-4-2-1-3-11(12)5-7-18-9-13(20)6-8-19-10-13/h1-4,18-20H,5-10H2. The van der Waals surface area contributed by atoms with Crippen LogP contribution in [0, 0.1) is 0 Å². The number of nitrogens with one attached hydrogen (secondary N) is 2. The Balaban J connectivity index is 1.83. The molecule has 0 amide bonds. The maximum Gasteiger partial charge on any atom is 0.573 e. The van der Waals surface area contributed by atoms with Crippen LogP contribution in [-0.2, 0) is 6.42 Å². The molecule has 0 aromatic heterocycles. The van der Waals surface area contributed by atoms with E-state index in [1.807, 2.05) is 0 Å². The zero-order valence-corrected chi connectivity index (χ0v) is 11.5. The quantitative estimate of drug-likeness (QED) is 0.696. The monoisotopic (exact) mass is 304 g/mol. The van der Waals surface area contributed by atoms with E-state index in [2.05, 4.69) is 15.4 Å². The summed E-state index contributed by atoms with van der Waals surface area (Å²) in [5.74, 6) is -0.173. The van der Waals surface area contributed by atoms with E-state index >= 15 is 0 Å². The van der Waals surface area contributed by atoms with Gasteiger partial charge in [-0.05, 0) is 37.6 Å². The number of hydrogen-bond donors (Lipinski definition) is 3. The van der Waals surface area contributed by atoms with Crippen LogP contribution in [0.5, 0.6) is 5.75 Å². The molecule has 1 aromatic carbocycles. The SMILES string of the molecule is OC1(CNCCc2ccccc2OC(F)(F)F)CCNC1. The van der Waals surface area contributed by atoms with Crippen molar-refractivity contribution in [3.63, 3.8) is 0 Å². The van der Waals surface area contributed by atoms with Crippen LogP contribution in [0.15, 0.2) is 24.3 Å². The van der Waals surface area contributed by atoms with E-state index in [9.17, 15) is 18.3 Å². The molecule has 1 aliphatic rings. The molecule has 0 bridgehead atoms.